The molecule has 1 N–H and O–H groups in total. The van der Waals surface area contributed by atoms with Crippen molar-refractivity contribution in [3.63, 3.8) is 0 Å². The number of amides is 1. The van der Waals surface area contributed by atoms with Gasteiger partial charge in [0.1, 0.15) is 10.0 Å². The summed E-state index contributed by atoms with van der Waals surface area (Å²) >= 11 is 4.47. The minimum Gasteiger partial charge on any atom is -0.310 e. The van der Waals surface area contributed by atoms with Crippen LogP contribution in [0.3, 0.4) is 0 Å². The van der Waals surface area contributed by atoms with Crippen molar-refractivity contribution in [2.45, 2.75) is 24.0 Å². The molecule has 1 fully saturated rings. The largest absolute Gasteiger partial charge is 0.310 e. The van der Waals surface area contributed by atoms with Crippen LogP contribution < -0.4 is 5.32 Å². The van der Waals surface area contributed by atoms with E-state index >= 15 is 0 Å². The molecule has 3 rings (SSSR count). The molecule has 1 amide bonds. The third-order valence-electron chi connectivity index (χ3n) is 4.15. The highest BCUT2D eigenvalue weighted by Crippen LogP contribution is 2.31. The fraction of sp³-hybridized carbons (Fsp3) is 0.375. The molecule has 0 radical (unpaired) electrons. The van der Waals surface area contributed by atoms with Crippen molar-refractivity contribution < 1.29 is 13.2 Å². The van der Waals surface area contributed by atoms with Crippen molar-refractivity contribution in [2.24, 2.45) is 5.92 Å². The number of nitrogens with one attached hydrogen (secondary N) is 1. The molecule has 9 heteroatoms. The molecule has 1 aliphatic heterocycles. The van der Waals surface area contributed by atoms with Gasteiger partial charge in [0.2, 0.25) is 5.91 Å². The van der Waals surface area contributed by atoms with Crippen LogP contribution in [-0.2, 0) is 14.8 Å². The van der Waals surface area contributed by atoms with E-state index in [9.17, 15) is 13.2 Å². The van der Waals surface area contributed by atoms with E-state index in [0.717, 1.165) is 9.35 Å². The summed E-state index contributed by atoms with van der Waals surface area (Å²) in [5, 5.41) is 2.82. The Morgan fingerprint density at radius 2 is 2.20 bits per heavy atom. The number of halogens is 1. The third-order valence-corrected chi connectivity index (χ3v) is 8.10. The molecule has 3 heterocycles. The fourth-order valence-corrected chi connectivity index (χ4v) is 6.46. The van der Waals surface area contributed by atoms with Crippen molar-refractivity contribution in [1.82, 2.24) is 9.29 Å². The predicted molar refractivity (Wildman–Crippen MR) is 101 cm³/mol. The van der Waals surface area contributed by atoms with Gasteiger partial charge in [0.05, 0.1) is 9.70 Å². The van der Waals surface area contributed by atoms with Crippen LogP contribution in [0.1, 0.15) is 18.4 Å². The number of carbonyl (C=O) groups excluding carboxylic acids is 1. The topological polar surface area (TPSA) is 79.4 Å². The first-order valence-electron chi connectivity index (χ1n) is 7.86. The first kappa shape index (κ1) is 18.5. The maximum atomic E-state index is 12.8. The number of sulfonamides is 1. The van der Waals surface area contributed by atoms with Crippen molar-refractivity contribution in [3.8, 4) is 0 Å². The van der Waals surface area contributed by atoms with Crippen LogP contribution in [-0.4, -0.2) is 36.7 Å². The summed E-state index contributed by atoms with van der Waals surface area (Å²) in [6.45, 7) is 2.49. The minimum absolute atomic E-state index is 0.186. The molecule has 1 aliphatic rings. The number of hydrogen-bond donors (Lipinski definition) is 1. The number of piperidine rings is 1. The number of nitrogens with zero attached hydrogens (tertiary/aromatic N) is 2. The second-order valence-electron chi connectivity index (χ2n) is 5.92. The van der Waals surface area contributed by atoms with Crippen molar-refractivity contribution >= 4 is 49.0 Å². The van der Waals surface area contributed by atoms with Crippen LogP contribution in [0.15, 0.2) is 38.5 Å². The Kier molecular flexibility index (Phi) is 5.57. The predicted octanol–water partition coefficient (Wildman–Crippen LogP) is 3.25. The molecule has 1 saturated heterocycles. The van der Waals surface area contributed by atoms with Gasteiger partial charge in [0.25, 0.3) is 10.0 Å². The highest BCUT2D eigenvalue weighted by molar-refractivity contribution is 9.11. The van der Waals surface area contributed by atoms with Gasteiger partial charge in [-0.25, -0.2) is 13.4 Å². The monoisotopic (exact) mass is 443 g/mol. The van der Waals surface area contributed by atoms with Gasteiger partial charge in [0, 0.05) is 19.3 Å². The summed E-state index contributed by atoms with van der Waals surface area (Å²) in [5.41, 5.74) is 0.875. The molecule has 0 spiro atoms. The first-order valence-corrected chi connectivity index (χ1v) is 10.9. The number of carbonyl (C=O) groups is 1. The fourth-order valence-electron chi connectivity index (χ4n) is 2.77. The zero-order valence-electron chi connectivity index (χ0n) is 13.6. The maximum absolute atomic E-state index is 12.8. The molecule has 0 saturated carbocycles. The summed E-state index contributed by atoms with van der Waals surface area (Å²) in [5.74, 6) is -0.0444. The van der Waals surface area contributed by atoms with Gasteiger partial charge in [-0.05, 0) is 59.5 Å². The van der Waals surface area contributed by atoms with Crippen molar-refractivity contribution in [2.75, 3.05) is 18.4 Å². The third kappa shape index (κ3) is 4.11. The summed E-state index contributed by atoms with van der Waals surface area (Å²) in [6.07, 6.45) is 2.94. The van der Waals surface area contributed by atoms with Crippen LogP contribution in [0, 0.1) is 12.8 Å². The average Bonchev–Trinajstić information content (AvgIpc) is 3.04. The van der Waals surface area contributed by atoms with Gasteiger partial charge in [-0.3, -0.25) is 4.79 Å². The van der Waals surface area contributed by atoms with Gasteiger partial charge in [-0.15, -0.1) is 11.3 Å². The quantitative estimate of drug-likeness (QED) is 0.785. The van der Waals surface area contributed by atoms with E-state index in [0.29, 0.717) is 29.4 Å². The lowest BCUT2D eigenvalue weighted by Crippen LogP contribution is -2.43. The van der Waals surface area contributed by atoms with Gasteiger partial charge in [-0.2, -0.15) is 4.31 Å². The average molecular weight is 444 g/mol. The summed E-state index contributed by atoms with van der Waals surface area (Å²) < 4.78 is 28.0. The second kappa shape index (κ2) is 7.53. The SMILES string of the molecule is Cc1cccnc1NC(=O)[C@@H]1CCCN(S(=O)(=O)c2ccc(Br)s2)C1. The van der Waals surface area contributed by atoms with E-state index < -0.39 is 10.0 Å². The Balaban J connectivity index is 1.73. The molecule has 6 nitrogen and oxygen atoms in total. The summed E-state index contributed by atoms with van der Waals surface area (Å²) in [4.78, 5) is 16.7. The van der Waals surface area contributed by atoms with E-state index in [4.69, 9.17) is 0 Å². The molecule has 2 aromatic rings. The number of thiophene rings is 1. The molecule has 0 bridgehead atoms. The molecule has 25 heavy (non-hydrogen) atoms. The van der Waals surface area contributed by atoms with Crippen LogP contribution >= 0.6 is 27.3 Å². The lowest BCUT2D eigenvalue weighted by molar-refractivity contribution is -0.120. The number of anilines is 1. The minimum atomic E-state index is -3.56. The van der Waals surface area contributed by atoms with Crippen molar-refractivity contribution in [3.05, 3.63) is 39.8 Å². The van der Waals surface area contributed by atoms with Gasteiger partial charge in [-0.1, -0.05) is 6.07 Å². The number of pyridine rings is 1. The van der Waals surface area contributed by atoms with E-state index in [1.807, 2.05) is 13.0 Å². The molecule has 134 valence electrons. The van der Waals surface area contributed by atoms with E-state index in [2.05, 4.69) is 26.2 Å². The first-order chi connectivity index (χ1) is 11.9. The van der Waals surface area contributed by atoms with E-state index in [-0.39, 0.29) is 18.4 Å². The summed E-state index contributed by atoms with van der Waals surface area (Å²) in [7, 11) is -3.56. The summed E-state index contributed by atoms with van der Waals surface area (Å²) in [6, 6.07) is 6.98. The molecule has 0 aliphatic carbocycles. The normalized spacial score (nSPS) is 18.9. The van der Waals surface area contributed by atoms with Crippen LogP contribution in [0.25, 0.3) is 0 Å². The Hall–Kier alpha value is -1.29. The highest BCUT2D eigenvalue weighted by atomic mass is 79.9. The number of aryl methyl sites for hydroxylation is 1. The van der Waals surface area contributed by atoms with Crippen LogP contribution in [0.2, 0.25) is 0 Å². The number of hydrogen-bond acceptors (Lipinski definition) is 5. The molecular weight excluding hydrogens is 426 g/mol. The molecule has 0 unspecified atom stereocenters. The standard InChI is InChI=1S/C16H18BrN3O3S2/c1-11-4-2-8-18-15(11)19-16(21)12-5-3-9-20(10-12)25(22,23)14-7-6-13(17)24-14/h2,4,6-8,12H,3,5,9-10H2,1H3,(H,18,19,21)/t12-/m1/s1. The van der Waals surface area contributed by atoms with Gasteiger partial charge < -0.3 is 5.32 Å². The van der Waals surface area contributed by atoms with Crippen molar-refractivity contribution in [1.29, 1.82) is 0 Å². The molecular formula is C16H18BrN3O3S2. The number of rotatable bonds is 4. The molecule has 2 aromatic heterocycles. The lowest BCUT2D eigenvalue weighted by Gasteiger charge is -2.30. The van der Waals surface area contributed by atoms with Gasteiger partial charge >= 0.3 is 0 Å². The highest BCUT2D eigenvalue weighted by Gasteiger charge is 2.34. The Morgan fingerprint density at radius 1 is 1.40 bits per heavy atom. The lowest BCUT2D eigenvalue weighted by atomic mass is 9.99. The number of aromatic nitrogens is 1. The Labute approximate surface area is 159 Å². The van der Waals surface area contributed by atoms with Crippen LogP contribution in [0.4, 0.5) is 5.82 Å². The Morgan fingerprint density at radius 3 is 2.88 bits per heavy atom. The van der Waals surface area contributed by atoms with E-state index in [1.54, 1.807) is 24.4 Å². The van der Waals surface area contributed by atoms with E-state index in [1.165, 1.54) is 15.6 Å². The smallest absolute Gasteiger partial charge is 0.252 e. The zero-order valence-corrected chi connectivity index (χ0v) is 16.8. The second-order valence-corrected chi connectivity index (χ2v) is 10.5. The molecule has 1 atom stereocenters. The zero-order chi connectivity index (χ0) is 18.0. The Bertz CT molecular complexity index is 882. The van der Waals surface area contributed by atoms with Crippen LogP contribution in [0.5, 0.6) is 0 Å². The maximum Gasteiger partial charge on any atom is 0.252 e. The molecule has 0 aromatic carbocycles. The van der Waals surface area contributed by atoms with Gasteiger partial charge in [0.15, 0.2) is 0 Å².